The monoisotopic (exact) mass is 439 g/mol. The van der Waals surface area contributed by atoms with Gasteiger partial charge in [-0.1, -0.05) is 18.2 Å². The third-order valence-corrected chi connectivity index (χ3v) is 3.72. The molecule has 0 spiro atoms. The third kappa shape index (κ3) is 6.07. The predicted molar refractivity (Wildman–Crippen MR) is 99.2 cm³/mol. The SMILES string of the molecule is O=C(CCC(=O)Nc1ccc(I)cc1)N/N=C/c1ccccc1F. The number of carbonyl (C=O) groups excluding carboxylic acids is 2. The molecule has 0 aliphatic carbocycles. The smallest absolute Gasteiger partial charge is 0.240 e. The van der Waals surface area contributed by atoms with Gasteiger partial charge in [-0.25, -0.2) is 9.82 Å². The Morgan fingerprint density at radius 2 is 1.71 bits per heavy atom. The zero-order chi connectivity index (χ0) is 17.4. The second kappa shape index (κ2) is 9.11. The van der Waals surface area contributed by atoms with Crippen molar-refractivity contribution in [3.8, 4) is 0 Å². The number of hydrogen-bond donors (Lipinski definition) is 2. The number of hydrazone groups is 1. The minimum atomic E-state index is -0.424. The van der Waals surface area contributed by atoms with Gasteiger partial charge in [-0.15, -0.1) is 0 Å². The molecular weight excluding hydrogens is 424 g/mol. The van der Waals surface area contributed by atoms with Crippen LogP contribution in [0, 0.1) is 9.39 Å². The van der Waals surface area contributed by atoms with E-state index in [-0.39, 0.29) is 24.3 Å². The average molecular weight is 439 g/mol. The molecule has 2 amide bonds. The number of benzene rings is 2. The summed E-state index contributed by atoms with van der Waals surface area (Å²) in [6.07, 6.45) is 1.25. The Bertz CT molecular complexity index is 748. The van der Waals surface area contributed by atoms with E-state index in [1.54, 1.807) is 30.3 Å². The van der Waals surface area contributed by atoms with Crippen LogP contribution in [0.3, 0.4) is 0 Å². The fraction of sp³-hybridized carbons (Fsp3) is 0.118. The molecule has 2 N–H and O–H groups in total. The lowest BCUT2D eigenvalue weighted by atomic mass is 10.2. The molecule has 124 valence electrons. The fourth-order valence-corrected chi connectivity index (χ4v) is 2.15. The lowest BCUT2D eigenvalue weighted by Crippen LogP contribution is -2.20. The van der Waals surface area contributed by atoms with Gasteiger partial charge >= 0.3 is 0 Å². The second-order valence-corrected chi connectivity index (χ2v) is 6.12. The number of hydrogen-bond acceptors (Lipinski definition) is 3. The lowest BCUT2D eigenvalue weighted by Gasteiger charge is -2.05. The van der Waals surface area contributed by atoms with Crippen LogP contribution in [0.2, 0.25) is 0 Å². The van der Waals surface area contributed by atoms with Crippen molar-refractivity contribution in [3.05, 3.63) is 63.5 Å². The van der Waals surface area contributed by atoms with Crippen molar-refractivity contribution in [3.63, 3.8) is 0 Å². The summed E-state index contributed by atoms with van der Waals surface area (Å²) >= 11 is 2.17. The van der Waals surface area contributed by atoms with E-state index in [1.807, 2.05) is 12.1 Å². The summed E-state index contributed by atoms with van der Waals surface area (Å²) in [6.45, 7) is 0. The molecule has 0 bridgehead atoms. The van der Waals surface area contributed by atoms with E-state index in [9.17, 15) is 14.0 Å². The first-order chi connectivity index (χ1) is 11.5. The molecule has 0 radical (unpaired) electrons. The van der Waals surface area contributed by atoms with Crippen LogP contribution in [-0.4, -0.2) is 18.0 Å². The number of nitrogens with one attached hydrogen (secondary N) is 2. The Hall–Kier alpha value is -2.29. The molecule has 7 heteroatoms. The van der Waals surface area contributed by atoms with E-state index in [0.29, 0.717) is 5.69 Å². The van der Waals surface area contributed by atoms with Gasteiger partial charge in [0, 0.05) is 27.7 Å². The molecule has 2 aromatic rings. The molecule has 0 aromatic heterocycles. The Kier molecular flexibility index (Phi) is 6.86. The molecule has 5 nitrogen and oxygen atoms in total. The van der Waals surface area contributed by atoms with Crippen molar-refractivity contribution in [2.24, 2.45) is 5.10 Å². The molecule has 0 heterocycles. The Labute approximate surface area is 152 Å². The quantitative estimate of drug-likeness (QED) is 0.412. The van der Waals surface area contributed by atoms with E-state index in [2.05, 4.69) is 38.4 Å². The molecule has 0 atom stereocenters. The van der Waals surface area contributed by atoms with Gasteiger partial charge in [0.15, 0.2) is 0 Å². The minimum absolute atomic E-state index is 0.00911. The Morgan fingerprint density at radius 1 is 1.04 bits per heavy atom. The van der Waals surface area contributed by atoms with Gasteiger partial charge in [-0.05, 0) is 52.9 Å². The molecule has 2 aromatic carbocycles. The fourth-order valence-electron chi connectivity index (χ4n) is 1.79. The second-order valence-electron chi connectivity index (χ2n) is 4.87. The number of amides is 2. The largest absolute Gasteiger partial charge is 0.326 e. The summed E-state index contributed by atoms with van der Waals surface area (Å²) in [5, 5.41) is 6.38. The highest BCUT2D eigenvalue weighted by molar-refractivity contribution is 14.1. The summed E-state index contributed by atoms with van der Waals surface area (Å²) in [6, 6.07) is 13.4. The molecule has 0 aliphatic heterocycles. The topological polar surface area (TPSA) is 70.6 Å². The maximum atomic E-state index is 13.3. The highest BCUT2D eigenvalue weighted by Gasteiger charge is 2.07. The Balaban J connectivity index is 1.73. The van der Waals surface area contributed by atoms with Gasteiger partial charge in [-0.2, -0.15) is 5.10 Å². The van der Waals surface area contributed by atoms with Gasteiger partial charge < -0.3 is 5.32 Å². The molecule has 0 unspecified atom stereocenters. The highest BCUT2D eigenvalue weighted by Crippen LogP contribution is 2.11. The third-order valence-electron chi connectivity index (χ3n) is 3.01. The van der Waals surface area contributed by atoms with Crippen LogP contribution in [-0.2, 0) is 9.59 Å². The average Bonchev–Trinajstić information content (AvgIpc) is 2.57. The number of nitrogens with zero attached hydrogens (tertiary/aromatic N) is 1. The first-order valence-corrected chi connectivity index (χ1v) is 8.24. The summed E-state index contributed by atoms with van der Waals surface area (Å²) in [5.41, 5.74) is 3.22. The van der Waals surface area contributed by atoms with Gasteiger partial charge in [-0.3, -0.25) is 9.59 Å². The van der Waals surface area contributed by atoms with E-state index < -0.39 is 11.7 Å². The molecule has 0 aliphatic rings. The molecular formula is C17H15FIN3O2. The minimum Gasteiger partial charge on any atom is -0.326 e. The normalized spacial score (nSPS) is 10.6. The van der Waals surface area contributed by atoms with Crippen molar-refractivity contribution in [1.82, 2.24) is 5.43 Å². The first-order valence-electron chi connectivity index (χ1n) is 7.16. The molecule has 0 fully saturated rings. The van der Waals surface area contributed by atoms with Crippen molar-refractivity contribution >= 4 is 46.3 Å². The van der Waals surface area contributed by atoms with Gasteiger partial charge in [0.05, 0.1) is 6.21 Å². The summed E-state index contributed by atoms with van der Waals surface area (Å²) in [5.74, 6) is -1.10. The number of carbonyl (C=O) groups is 2. The van der Waals surface area contributed by atoms with Crippen LogP contribution in [0.5, 0.6) is 0 Å². The molecule has 0 saturated heterocycles. The van der Waals surface area contributed by atoms with Crippen molar-refractivity contribution in [2.75, 3.05) is 5.32 Å². The van der Waals surface area contributed by atoms with E-state index >= 15 is 0 Å². The molecule has 2 rings (SSSR count). The number of halogens is 2. The van der Waals surface area contributed by atoms with Crippen molar-refractivity contribution in [2.45, 2.75) is 12.8 Å². The van der Waals surface area contributed by atoms with Crippen LogP contribution < -0.4 is 10.7 Å². The maximum Gasteiger partial charge on any atom is 0.240 e. The van der Waals surface area contributed by atoms with Crippen LogP contribution in [0.25, 0.3) is 0 Å². The van der Waals surface area contributed by atoms with E-state index in [1.165, 1.54) is 12.3 Å². The molecule has 0 saturated carbocycles. The zero-order valence-electron chi connectivity index (χ0n) is 12.6. The van der Waals surface area contributed by atoms with Crippen LogP contribution in [0.15, 0.2) is 53.6 Å². The summed E-state index contributed by atoms with van der Waals surface area (Å²) in [4.78, 5) is 23.4. The van der Waals surface area contributed by atoms with Crippen LogP contribution in [0.1, 0.15) is 18.4 Å². The number of rotatable bonds is 6. The van der Waals surface area contributed by atoms with Gasteiger partial charge in [0.25, 0.3) is 0 Å². The Morgan fingerprint density at radius 3 is 2.42 bits per heavy atom. The lowest BCUT2D eigenvalue weighted by molar-refractivity contribution is -0.124. The standard InChI is InChI=1S/C17H15FIN3O2/c18-15-4-2-1-3-12(15)11-20-22-17(24)10-9-16(23)21-14-7-5-13(19)6-8-14/h1-8,11H,9-10H2,(H,21,23)(H,22,24)/b20-11+. The summed E-state index contributed by atoms with van der Waals surface area (Å²) < 4.78 is 14.4. The number of anilines is 1. The van der Waals surface area contributed by atoms with Crippen molar-refractivity contribution < 1.29 is 14.0 Å². The van der Waals surface area contributed by atoms with Crippen molar-refractivity contribution in [1.29, 1.82) is 0 Å². The summed E-state index contributed by atoms with van der Waals surface area (Å²) in [7, 11) is 0. The highest BCUT2D eigenvalue weighted by atomic mass is 127. The zero-order valence-corrected chi connectivity index (χ0v) is 14.8. The van der Waals surface area contributed by atoms with Gasteiger partial charge in [0.2, 0.25) is 11.8 Å². The van der Waals surface area contributed by atoms with E-state index in [0.717, 1.165) is 3.57 Å². The predicted octanol–water partition coefficient (Wildman–Crippen LogP) is 3.30. The first kappa shape index (κ1) is 18.1. The van der Waals surface area contributed by atoms with Crippen LogP contribution in [0.4, 0.5) is 10.1 Å². The van der Waals surface area contributed by atoms with Gasteiger partial charge in [0.1, 0.15) is 5.82 Å². The van der Waals surface area contributed by atoms with E-state index in [4.69, 9.17) is 0 Å². The maximum absolute atomic E-state index is 13.3. The van der Waals surface area contributed by atoms with Crippen LogP contribution >= 0.6 is 22.6 Å². The molecule has 24 heavy (non-hydrogen) atoms.